The molecule has 0 bridgehead atoms. The number of carbonyl (C=O) groups is 1. The highest BCUT2D eigenvalue weighted by atomic mass is 16.5. The van der Waals surface area contributed by atoms with Crippen molar-refractivity contribution in [3.8, 4) is 5.75 Å². The lowest BCUT2D eigenvalue weighted by molar-refractivity contribution is -0.121. The molecule has 0 aliphatic heterocycles. The molecule has 0 saturated heterocycles. The molecule has 1 aromatic rings. The average molecular weight is 250 g/mol. The van der Waals surface area contributed by atoms with E-state index in [1.807, 2.05) is 38.1 Å². The van der Waals surface area contributed by atoms with Crippen LogP contribution >= 0.6 is 0 Å². The van der Waals surface area contributed by atoms with Gasteiger partial charge < -0.3 is 15.4 Å². The summed E-state index contributed by atoms with van der Waals surface area (Å²) in [5.41, 5.74) is 1.16. The summed E-state index contributed by atoms with van der Waals surface area (Å²) in [5.74, 6) is 0.844. The van der Waals surface area contributed by atoms with E-state index in [1.54, 1.807) is 0 Å². The number of benzene rings is 1. The molecule has 0 atom stereocenters. The summed E-state index contributed by atoms with van der Waals surface area (Å²) in [6, 6.07) is 7.82. The smallest absolute Gasteiger partial charge is 0.223 e. The lowest BCUT2D eigenvalue weighted by atomic mass is 10.2. The first-order valence-corrected chi connectivity index (χ1v) is 6.39. The number of rotatable bonds is 8. The number of hydrogen-bond donors (Lipinski definition) is 2. The Balaban J connectivity index is 2.12. The fraction of sp³-hybridized carbons (Fsp3) is 0.500. The van der Waals surface area contributed by atoms with Crippen LogP contribution in [0.1, 0.15) is 18.9 Å². The number of likely N-dealkylation sites (N-methyl/N-ethyl adjacent to an activating group) is 1. The average Bonchev–Trinajstić information content (AvgIpc) is 2.35. The van der Waals surface area contributed by atoms with Crippen molar-refractivity contribution < 1.29 is 9.53 Å². The number of hydrogen-bond acceptors (Lipinski definition) is 3. The minimum atomic E-state index is 0.0283. The van der Waals surface area contributed by atoms with Gasteiger partial charge in [0, 0.05) is 13.1 Å². The van der Waals surface area contributed by atoms with Gasteiger partial charge in [0.25, 0.3) is 0 Å². The van der Waals surface area contributed by atoms with Crippen LogP contribution in [0.25, 0.3) is 0 Å². The van der Waals surface area contributed by atoms with Gasteiger partial charge in [-0.3, -0.25) is 4.79 Å². The number of carbonyl (C=O) groups excluding carboxylic acids is 1. The van der Waals surface area contributed by atoms with Crippen molar-refractivity contribution in [3.63, 3.8) is 0 Å². The highest BCUT2D eigenvalue weighted by Gasteiger charge is 2.01. The van der Waals surface area contributed by atoms with Crippen molar-refractivity contribution in [1.82, 2.24) is 10.6 Å². The van der Waals surface area contributed by atoms with Gasteiger partial charge in [-0.15, -0.1) is 0 Å². The second-order valence-corrected chi connectivity index (χ2v) is 4.12. The lowest BCUT2D eigenvalue weighted by Crippen LogP contribution is -2.32. The summed E-state index contributed by atoms with van der Waals surface area (Å²) in [6.45, 7) is 6.86. The third-order valence-electron chi connectivity index (χ3n) is 2.46. The first kappa shape index (κ1) is 14.5. The fourth-order valence-corrected chi connectivity index (χ4v) is 1.52. The Hall–Kier alpha value is -1.55. The number of aryl methyl sites for hydroxylation is 1. The third kappa shape index (κ3) is 6.25. The maximum Gasteiger partial charge on any atom is 0.223 e. The maximum atomic E-state index is 11.4. The Morgan fingerprint density at radius 2 is 2.17 bits per heavy atom. The molecule has 1 rings (SSSR count). The highest BCUT2D eigenvalue weighted by molar-refractivity contribution is 5.75. The zero-order valence-electron chi connectivity index (χ0n) is 11.2. The predicted octanol–water partition coefficient (Wildman–Crippen LogP) is 1.49. The van der Waals surface area contributed by atoms with Gasteiger partial charge in [0.1, 0.15) is 5.75 Å². The summed E-state index contributed by atoms with van der Waals surface area (Å²) in [7, 11) is 0. The fourth-order valence-electron chi connectivity index (χ4n) is 1.52. The van der Waals surface area contributed by atoms with Crippen molar-refractivity contribution in [2.24, 2.45) is 0 Å². The molecule has 0 saturated carbocycles. The SMILES string of the molecule is CCNCCNC(=O)CCOc1cccc(C)c1. The van der Waals surface area contributed by atoms with Crippen LogP contribution in [-0.4, -0.2) is 32.1 Å². The minimum Gasteiger partial charge on any atom is -0.493 e. The largest absolute Gasteiger partial charge is 0.493 e. The van der Waals surface area contributed by atoms with Crippen LogP contribution in [0, 0.1) is 6.92 Å². The van der Waals surface area contributed by atoms with Crippen LogP contribution in [0.2, 0.25) is 0 Å². The van der Waals surface area contributed by atoms with E-state index in [9.17, 15) is 4.79 Å². The van der Waals surface area contributed by atoms with Gasteiger partial charge in [-0.1, -0.05) is 19.1 Å². The minimum absolute atomic E-state index is 0.0283. The molecular weight excluding hydrogens is 228 g/mol. The van der Waals surface area contributed by atoms with E-state index in [0.29, 0.717) is 19.6 Å². The van der Waals surface area contributed by atoms with Crippen molar-refractivity contribution >= 4 is 5.91 Å². The summed E-state index contributed by atoms with van der Waals surface area (Å²) < 4.78 is 5.51. The van der Waals surface area contributed by atoms with Gasteiger partial charge in [0.2, 0.25) is 5.91 Å². The van der Waals surface area contributed by atoms with Crippen LogP contribution in [0.3, 0.4) is 0 Å². The molecule has 100 valence electrons. The van der Waals surface area contributed by atoms with Crippen LogP contribution in [0.4, 0.5) is 0 Å². The van der Waals surface area contributed by atoms with Gasteiger partial charge in [-0.2, -0.15) is 0 Å². The Kier molecular flexibility index (Phi) is 6.87. The molecular formula is C14H22N2O2. The molecule has 0 fully saturated rings. The Morgan fingerprint density at radius 1 is 1.33 bits per heavy atom. The molecule has 1 amide bonds. The van der Waals surface area contributed by atoms with Crippen molar-refractivity contribution in [3.05, 3.63) is 29.8 Å². The molecule has 0 aliphatic rings. The van der Waals surface area contributed by atoms with E-state index >= 15 is 0 Å². The molecule has 0 spiro atoms. The standard InChI is InChI=1S/C14H22N2O2/c1-3-15-8-9-16-14(17)7-10-18-13-6-4-5-12(2)11-13/h4-6,11,15H,3,7-10H2,1-2H3,(H,16,17). The van der Waals surface area contributed by atoms with Crippen LogP contribution in [0.15, 0.2) is 24.3 Å². The molecule has 2 N–H and O–H groups in total. The van der Waals surface area contributed by atoms with Gasteiger partial charge >= 0.3 is 0 Å². The molecule has 0 heterocycles. The van der Waals surface area contributed by atoms with E-state index in [0.717, 1.165) is 24.4 Å². The molecule has 0 aromatic heterocycles. The van der Waals surface area contributed by atoms with Crippen molar-refractivity contribution in [1.29, 1.82) is 0 Å². The molecule has 1 aromatic carbocycles. The van der Waals surface area contributed by atoms with E-state index in [4.69, 9.17) is 4.74 Å². The van der Waals surface area contributed by atoms with E-state index < -0.39 is 0 Å². The molecule has 18 heavy (non-hydrogen) atoms. The molecule has 0 radical (unpaired) electrons. The van der Waals surface area contributed by atoms with Crippen molar-refractivity contribution in [2.75, 3.05) is 26.2 Å². The van der Waals surface area contributed by atoms with Gasteiger partial charge in [-0.05, 0) is 31.2 Å². The zero-order valence-corrected chi connectivity index (χ0v) is 11.2. The number of ether oxygens (including phenoxy) is 1. The summed E-state index contributed by atoms with van der Waals surface area (Å²) in [4.78, 5) is 11.4. The van der Waals surface area contributed by atoms with E-state index in [2.05, 4.69) is 10.6 Å². The Labute approximate surface area is 109 Å². The zero-order chi connectivity index (χ0) is 13.2. The topological polar surface area (TPSA) is 50.4 Å². The Bertz CT molecular complexity index is 367. The summed E-state index contributed by atoms with van der Waals surface area (Å²) in [5, 5.41) is 5.98. The second-order valence-electron chi connectivity index (χ2n) is 4.12. The highest BCUT2D eigenvalue weighted by Crippen LogP contribution is 2.12. The second kappa shape index (κ2) is 8.53. The van der Waals surface area contributed by atoms with Gasteiger partial charge in [-0.25, -0.2) is 0 Å². The first-order valence-electron chi connectivity index (χ1n) is 6.39. The first-order chi connectivity index (χ1) is 8.72. The van der Waals surface area contributed by atoms with Crippen LogP contribution in [0.5, 0.6) is 5.75 Å². The number of nitrogens with one attached hydrogen (secondary N) is 2. The quantitative estimate of drug-likeness (QED) is 0.687. The molecule has 0 aliphatic carbocycles. The van der Waals surface area contributed by atoms with Gasteiger partial charge in [0.15, 0.2) is 0 Å². The van der Waals surface area contributed by atoms with E-state index in [-0.39, 0.29) is 5.91 Å². The third-order valence-corrected chi connectivity index (χ3v) is 2.46. The molecule has 0 unspecified atom stereocenters. The lowest BCUT2D eigenvalue weighted by Gasteiger charge is -2.08. The Morgan fingerprint density at radius 3 is 2.89 bits per heavy atom. The van der Waals surface area contributed by atoms with Crippen LogP contribution < -0.4 is 15.4 Å². The van der Waals surface area contributed by atoms with Crippen molar-refractivity contribution in [2.45, 2.75) is 20.3 Å². The number of amides is 1. The predicted molar refractivity (Wildman–Crippen MR) is 72.8 cm³/mol. The van der Waals surface area contributed by atoms with Gasteiger partial charge in [0.05, 0.1) is 13.0 Å². The monoisotopic (exact) mass is 250 g/mol. The normalized spacial score (nSPS) is 10.1. The molecule has 4 nitrogen and oxygen atoms in total. The molecule has 4 heteroatoms. The summed E-state index contributed by atoms with van der Waals surface area (Å²) >= 11 is 0. The maximum absolute atomic E-state index is 11.4. The summed E-state index contributed by atoms with van der Waals surface area (Å²) in [6.07, 6.45) is 0.389. The van der Waals surface area contributed by atoms with E-state index in [1.165, 1.54) is 0 Å². The van der Waals surface area contributed by atoms with Crippen LogP contribution in [-0.2, 0) is 4.79 Å².